The number of methoxy groups -OCH3 is 1. The van der Waals surface area contributed by atoms with E-state index in [1.807, 2.05) is 37.3 Å². The first kappa shape index (κ1) is 18.6. The molecule has 0 unspecified atom stereocenters. The highest BCUT2D eigenvalue weighted by molar-refractivity contribution is 5.95. The van der Waals surface area contributed by atoms with Crippen LogP contribution in [0.4, 0.5) is 0 Å². The van der Waals surface area contributed by atoms with Crippen LogP contribution >= 0.6 is 0 Å². The van der Waals surface area contributed by atoms with E-state index in [2.05, 4.69) is 15.0 Å². The van der Waals surface area contributed by atoms with Crippen LogP contribution in [0.5, 0.6) is 5.75 Å². The molecule has 0 radical (unpaired) electrons. The van der Waals surface area contributed by atoms with E-state index in [-0.39, 0.29) is 18.0 Å². The van der Waals surface area contributed by atoms with Crippen molar-refractivity contribution in [3.8, 4) is 5.75 Å². The number of rotatable bonds is 5. The van der Waals surface area contributed by atoms with Crippen LogP contribution < -0.4 is 10.3 Å². The molecule has 2 aromatic carbocycles. The van der Waals surface area contributed by atoms with Gasteiger partial charge >= 0.3 is 0 Å². The van der Waals surface area contributed by atoms with E-state index in [9.17, 15) is 9.59 Å². The molecule has 0 saturated heterocycles. The van der Waals surface area contributed by atoms with Gasteiger partial charge in [0.2, 0.25) is 0 Å². The lowest BCUT2D eigenvalue weighted by Gasteiger charge is -2.20. The second-order valence-electron chi connectivity index (χ2n) is 6.60. The maximum atomic E-state index is 13.0. The maximum absolute atomic E-state index is 13.0. The molecule has 4 rings (SSSR count). The Kier molecular flexibility index (Phi) is 4.95. The largest absolute Gasteiger partial charge is 0.497 e. The van der Waals surface area contributed by atoms with Crippen LogP contribution in [0.25, 0.3) is 21.8 Å². The van der Waals surface area contributed by atoms with Gasteiger partial charge in [0.25, 0.3) is 11.5 Å². The quantitative estimate of drug-likeness (QED) is 0.567. The van der Waals surface area contributed by atoms with Gasteiger partial charge in [-0.05, 0) is 43.3 Å². The predicted octanol–water partition coefficient (Wildman–Crippen LogP) is 3.14. The average Bonchev–Trinajstić information content (AvgIpc) is 2.76. The first-order valence-electron chi connectivity index (χ1n) is 9.31. The second kappa shape index (κ2) is 7.71. The molecule has 0 aliphatic heterocycles. The third-order valence-electron chi connectivity index (χ3n) is 4.79. The molecule has 0 atom stereocenters. The highest BCUT2D eigenvalue weighted by Crippen LogP contribution is 2.20. The molecule has 2 aromatic heterocycles. The van der Waals surface area contributed by atoms with Crippen molar-refractivity contribution in [1.82, 2.24) is 19.9 Å². The minimum absolute atomic E-state index is 0.192. The Morgan fingerprint density at radius 2 is 1.90 bits per heavy atom. The number of nitrogens with zero attached hydrogens (tertiary/aromatic N) is 3. The lowest BCUT2D eigenvalue weighted by molar-refractivity contribution is 0.0743. The topological polar surface area (TPSA) is 88.2 Å². The third kappa shape index (κ3) is 3.67. The smallest absolute Gasteiger partial charge is 0.272 e. The molecule has 7 nitrogen and oxygen atoms in total. The number of H-pyrrole nitrogens is 1. The number of benzene rings is 2. The van der Waals surface area contributed by atoms with Crippen molar-refractivity contribution in [3.05, 3.63) is 76.5 Å². The number of aromatic nitrogens is 3. The molecule has 0 spiro atoms. The first-order chi connectivity index (χ1) is 14.1. The van der Waals surface area contributed by atoms with Crippen LogP contribution in [0.1, 0.15) is 23.2 Å². The van der Waals surface area contributed by atoms with Crippen molar-refractivity contribution in [1.29, 1.82) is 0 Å². The lowest BCUT2D eigenvalue weighted by atomic mass is 10.2. The van der Waals surface area contributed by atoms with Gasteiger partial charge < -0.3 is 14.6 Å². The number of fused-ring (bicyclic) bond motifs is 2. The normalized spacial score (nSPS) is 11.0. The molecule has 7 heteroatoms. The van der Waals surface area contributed by atoms with E-state index in [0.29, 0.717) is 34.5 Å². The molecule has 29 heavy (non-hydrogen) atoms. The fourth-order valence-corrected chi connectivity index (χ4v) is 3.23. The Balaban J connectivity index is 1.63. The van der Waals surface area contributed by atoms with Gasteiger partial charge in [-0.15, -0.1) is 0 Å². The zero-order chi connectivity index (χ0) is 20.4. The van der Waals surface area contributed by atoms with Crippen LogP contribution in [-0.4, -0.2) is 39.4 Å². The minimum atomic E-state index is -0.221. The summed E-state index contributed by atoms with van der Waals surface area (Å²) in [5.41, 5.74) is 1.44. The van der Waals surface area contributed by atoms with E-state index < -0.39 is 0 Å². The monoisotopic (exact) mass is 388 g/mol. The van der Waals surface area contributed by atoms with Gasteiger partial charge in [-0.2, -0.15) is 0 Å². The molecule has 1 amide bonds. The summed E-state index contributed by atoms with van der Waals surface area (Å²) in [5.74, 6) is 0.954. The summed E-state index contributed by atoms with van der Waals surface area (Å²) < 4.78 is 5.22. The summed E-state index contributed by atoms with van der Waals surface area (Å²) in [6, 6.07) is 16.2. The number of carbonyl (C=O) groups is 1. The Bertz CT molecular complexity index is 1270. The number of hydrogen-bond donors (Lipinski definition) is 1. The Hall–Kier alpha value is -3.74. The van der Waals surface area contributed by atoms with E-state index in [1.54, 1.807) is 36.3 Å². The standard InChI is InChI=1S/C22H20N4O3/c1-3-26(13-20-24-18-7-5-4-6-16(18)21(27)25-20)22(28)19-10-8-14-12-15(29-2)9-11-17(14)23-19/h4-12H,3,13H2,1-2H3,(H,24,25,27). The van der Waals surface area contributed by atoms with Gasteiger partial charge in [-0.3, -0.25) is 9.59 Å². The molecule has 1 N–H and O–H groups in total. The van der Waals surface area contributed by atoms with Gasteiger partial charge in [0.05, 0.1) is 30.1 Å². The number of ether oxygens (including phenoxy) is 1. The molecular formula is C22H20N4O3. The Morgan fingerprint density at radius 1 is 1.07 bits per heavy atom. The number of pyridine rings is 1. The molecule has 4 aromatic rings. The highest BCUT2D eigenvalue weighted by Gasteiger charge is 2.18. The predicted molar refractivity (Wildman–Crippen MR) is 111 cm³/mol. The summed E-state index contributed by atoms with van der Waals surface area (Å²) >= 11 is 0. The highest BCUT2D eigenvalue weighted by atomic mass is 16.5. The van der Waals surface area contributed by atoms with Crippen LogP contribution in [0.3, 0.4) is 0 Å². The zero-order valence-electron chi connectivity index (χ0n) is 16.2. The second-order valence-corrected chi connectivity index (χ2v) is 6.60. The van der Waals surface area contributed by atoms with Crippen LogP contribution in [-0.2, 0) is 6.54 Å². The fourth-order valence-electron chi connectivity index (χ4n) is 3.23. The Labute approximate surface area is 167 Å². The van der Waals surface area contributed by atoms with E-state index in [1.165, 1.54) is 0 Å². The maximum Gasteiger partial charge on any atom is 0.272 e. The van der Waals surface area contributed by atoms with E-state index in [0.717, 1.165) is 11.1 Å². The number of amides is 1. The summed E-state index contributed by atoms with van der Waals surface area (Å²) in [7, 11) is 1.61. The van der Waals surface area contributed by atoms with Gasteiger partial charge in [0.1, 0.15) is 17.3 Å². The number of nitrogens with one attached hydrogen (secondary N) is 1. The molecule has 0 bridgehead atoms. The van der Waals surface area contributed by atoms with Gasteiger partial charge in [-0.25, -0.2) is 9.97 Å². The van der Waals surface area contributed by atoms with Crippen LogP contribution in [0.2, 0.25) is 0 Å². The first-order valence-corrected chi connectivity index (χ1v) is 9.31. The lowest BCUT2D eigenvalue weighted by Crippen LogP contribution is -2.32. The number of aromatic amines is 1. The average molecular weight is 388 g/mol. The van der Waals surface area contributed by atoms with Crippen molar-refractivity contribution in [2.24, 2.45) is 0 Å². The number of hydrogen-bond acceptors (Lipinski definition) is 5. The molecule has 146 valence electrons. The van der Waals surface area contributed by atoms with Crippen LogP contribution in [0, 0.1) is 0 Å². The van der Waals surface area contributed by atoms with Gasteiger partial charge in [0.15, 0.2) is 0 Å². The van der Waals surface area contributed by atoms with Crippen molar-refractivity contribution in [3.63, 3.8) is 0 Å². The SMILES string of the molecule is CCN(Cc1nc2ccccc2c(=O)[nH]1)C(=O)c1ccc2cc(OC)ccc2n1. The summed E-state index contributed by atoms with van der Waals surface area (Å²) in [5, 5.41) is 1.42. The van der Waals surface area contributed by atoms with Gasteiger partial charge in [-0.1, -0.05) is 18.2 Å². The molecule has 0 saturated carbocycles. The molecule has 0 aliphatic rings. The molecule has 0 fully saturated rings. The summed E-state index contributed by atoms with van der Waals surface area (Å²) in [6.07, 6.45) is 0. The zero-order valence-corrected chi connectivity index (χ0v) is 16.2. The van der Waals surface area contributed by atoms with Crippen molar-refractivity contribution >= 4 is 27.7 Å². The number of para-hydroxylation sites is 1. The summed E-state index contributed by atoms with van der Waals surface area (Å²) in [6.45, 7) is 2.53. The van der Waals surface area contributed by atoms with Crippen LogP contribution in [0.15, 0.2) is 59.4 Å². The Morgan fingerprint density at radius 3 is 2.69 bits per heavy atom. The number of carbonyl (C=O) groups excluding carboxylic acids is 1. The minimum Gasteiger partial charge on any atom is -0.497 e. The van der Waals surface area contributed by atoms with Crippen molar-refractivity contribution < 1.29 is 9.53 Å². The molecule has 2 heterocycles. The molecule has 0 aliphatic carbocycles. The van der Waals surface area contributed by atoms with E-state index >= 15 is 0 Å². The van der Waals surface area contributed by atoms with E-state index in [4.69, 9.17) is 4.74 Å². The van der Waals surface area contributed by atoms with Gasteiger partial charge in [0, 0.05) is 11.9 Å². The fraction of sp³-hybridized carbons (Fsp3) is 0.182. The van der Waals surface area contributed by atoms with Crippen molar-refractivity contribution in [2.45, 2.75) is 13.5 Å². The summed E-state index contributed by atoms with van der Waals surface area (Å²) in [4.78, 5) is 38.6. The molecular weight excluding hydrogens is 368 g/mol. The van der Waals surface area contributed by atoms with Crippen molar-refractivity contribution in [2.75, 3.05) is 13.7 Å². The third-order valence-corrected chi connectivity index (χ3v) is 4.79.